The monoisotopic (exact) mass is 323 g/mol. The number of hydrogen-bond acceptors (Lipinski definition) is 4. The summed E-state index contributed by atoms with van der Waals surface area (Å²) in [7, 11) is 1.80. The smallest absolute Gasteiger partial charge is 0.272 e. The Morgan fingerprint density at radius 2 is 2.29 bits per heavy atom. The predicted molar refractivity (Wildman–Crippen MR) is 86.5 cm³/mol. The second kappa shape index (κ2) is 5.52. The lowest BCUT2D eigenvalue weighted by Crippen LogP contribution is -2.39. The number of nitrogens with one attached hydrogen (secondary N) is 1. The quantitative estimate of drug-likeness (QED) is 0.750. The summed E-state index contributed by atoms with van der Waals surface area (Å²) in [5, 5.41) is 9.78. The molecule has 0 aliphatic carbocycles. The number of aromatic nitrogens is 4. The number of fused-ring (bicyclic) bond motifs is 1. The average Bonchev–Trinajstić information content (AvgIpc) is 3.21. The van der Waals surface area contributed by atoms with E-state index in [2.05, 4.69) is 15.0 Å². The van der Waals surface area contributed by atoms with Crippen LogP contribution in [-0.2, 0) is 13.6 Å². The van der Waals surface area contributed by atoms with Gasteiger partial charge in [-0.05, 0) is 17.7 Å². The Morgan fingerprint density at radius 3 is 3.04 bits per heavy atom. The number of benzene rings is 1. The van der Waals surface area contributed by atoms with E-state index in [-0.39, 0.29) is 17.6 Å². The number of aromatic amines is 1. The number of H-pyrrole nitrogens is 1. The summed E-state index contributed by atoms with van der Waals surface area (Å²) in [5.41, 5.74) is 3.33. The molecule has 122 valence electrons. The van der Waals surface area contributed by atoms with Crippen LogP contribution in [0.3, 0.4) is 0 Å². The molecule has 1 atom stereocenters. The van der Waals surface area contributed by atoms with E-state index in [0.717, 1.165) is 17.0 Å². The van der Waals surface area contributed by atoms with Crippen LogP contribution in [0.1, 0.15) is 33.4 Å². The maximum Gasteiger partial charge on any atom is 0.272 e. The van der Waals surface area contributed by atoms with Crippen LogP contribution < -0.4 is 0 Å². The van der Waals surface area contributed by atoms with Crippen LogP contribution in [0, 0.1) is 0 Å². The van der Waals surface area contributed by atoms with Gasteiger partial charge in [-0.15, -0.1) is 0 Å². The van der Waals surface area contributed by atoms with Crippen LogP contribution in [0.25, 0.3) is 0 Å². The van der Waals surface area contributed by atoms with E-state index in [4.69, 9.17) is 0 Å². The summed E-state index contributed by atoms with van der Waals surface area (Å²) in [6.45, 7) is 0.986. The highest BCUT2D eigenvalue weighted by Crippen LogP contribution is 2.33. The number of carbonyl (C=O) groups excluding carboxylic acids is 1. The Hall–Kier alpha value is -3.09. The van der Waals surface area contributed by atoms with E-state index in [0.29, 0.717) is 18.8 Å². The predicted octanol–water partition coefficient (Wildman–Crippen LogP) is 1.64. The number of nitrogens with zero attached hydrogens (tertiary/aromatic N) is 4. The molecule has 7 nitrogen and oxygen atoms in total. The molecule has 0 saturated heterocycles. The second-order valence-corrected chi connectivity index (χ2v) is 5.99. The zero-order valence-electron chi connectivity index (χ0n) is 13.2. The second-order valence-electron chi connectivity index (χ2n) is 5.99. The third kappa shape index (κ3) is 2.34. The molecule has 1 aromatic carbocycles. The van der Waals surface area contributed by atoms with Crippen LogP contribution in [0.2, 0.25) is 0 Å². The summed E-state index contributed by atoms with van der Waals surface area (Å²) < 4.78 is 1.72. The summed E-state index contributed by atoms with van der Waals surface area (Å²) in [5.74, 6) is 0.0596. The first kappa shape index (κ1) is 14.5. The van der Waals surface area contributed by atoms with E-state index in [1.807, 2.05) is 6.07 Å². The molecule has 0 bridgehead atoms. The number of carbonyl (C=O) groups is 1. The first-order chi connectivity index (χ1) is 11.6. The number of amides is 1. The van der Waals surface area contributed by atoms with Crippen LogP contribution in [0.4, 0.5) is 0 Å². The highest BCUT2D eigenvalue weighted by molar-refractivity contribution is 5.92. The molecule has 1 unspecified atom stereocenters. The van der Waals surface area contributed by atoms with Crippen LogP contribution in [0.15, 0.2) is 43.1 Å². The van der Waals surface area contributed by atoms with Crippen molar-refractivity contribution in [1.82, 2.24) is 24.4 Å². The fraction of sp³-hybridized carbons (Fsp3) is 0.235. The van der Waals surface area contributed by atoms with Gasteiger partial charge in [-0.3, -0.25) is 4.79 Å². The van der Waals surface area contributed by atoms with Gasteiger partial charge in [0.05, 0.1) is 36.8 Å². The molecule has 1 aliphatic heterocycles. The molecule has 3 aromatic rings. The minimum atomic E-state index is -0.0794. The molecule has 24 heavy (non-hydrogen) atoms. The Kier molecular flexibility index (Phi) is 3.34. The van der Waals surface area contributed by atoms with Crippen LogP contribution in [0.5, 0.6) is 5.75 Å². The Balaban J connectivity index is 1.71. The lowest BCUT2D eigenvalue weighted by Gasteiger charge is -2.32. The third-order valence-corrected chi connectivity index (χ3v) is 4.43. The van der Waals surface area contributed by atoms with Gasteiger partial charge in [-0.25, -0.2) is 9.97 Å². The van der Waals surface area contributed by atoms with Gasteiger partial charge in [0.25, 0.3) is 5.91 Å². The van der Waals surface area contributed by atoms with Crippen molar-refractivity contribution in [3.8, 4) is 5.75 Å². The van der Waals surface area contributed by atoms with Crippen molar-refractivity contribution in [3.05, 3.63) is 65.8 Å². The van der Waals surface area contributed by atoms with Crippen molar-refractivity contribution in [1.29, 1.82) is 0 Å². The Labute approximate surface area is 138 Å². The molecular weight excluding hydrogens is 306 g/mol. The van der Waals surface area contributed by atoms with Gasteiger partial charge in [-0.1, -0.05) is 12.1 Å². The average molecular weight is 323 g/mol. The third-order valence-electron chi connectivity index (χ3n) is 4.43. The minimum Gasteiger partial charge on any atom is -0.508 e. The Bertz CT molecular complexity index is 898. The molecule has 0 saturated carbocycles. The number of phenols is 1. The molecule has 0 fully saturated rings. The fourth-order valence-corrected chi connectivity index (χ4v) is 3.21. The summed E-state index contributed by atoms with van der Waals surface area (Å²) >= 11 is 0. The van der Waals surface area contributed by atoms with Crippen molar-refractivity contribution in [2.45, 2.75) is 12.5 Å². The topological polar surface area (TPSA) is 87.0 Å². The van der Waals surface area contributed by atoms with E-state index in [1.165, 1.54) is 0 Å². The van der Waals surface area contributed by atoms with E-state index in [1.54, 1.807) is 53.6 Å². The number of phenolic OH excluding ortho intramolecular Hbond substituents is 1. The molecule has 3 heterocycles. The lowest BCUT2D eigenvalue weighted by atomic mass is 9.90. The lowest BCUT2D eigenvalue weighted by molar-refractivity contribution is 0.0712. The van der Waals surface area contributed by atoms with Crippen molar-refractivity contribution in [3.63, 3.8) is 0 Å². The Morgan fingerprint density at radius 1 is 1.42 bits per heavy atom. The molecule has 1 amide bonds. The zero-order valence-corrected chi connectivity index (χ0v) is 13.2. The van der Waals surface area contributed by atoms with Crippen molar-refractivity contribution >= 4 is 5.91 Å². The molecule has 1 aliphatic rings. The number of aromatic hydroxyl groups is 1. The molecule has 2 aromatic heterocycles. The van der Waals surface area contributed by atoms with Gasteiger partial charge in [0.15, 0.2) is 0 Å². The highest BCUT2D eigenvalue weighted by atomic mass is 16.3. The highest BCUT2D eigenvalue weighted by Gasteiger charge is 2.32. The fourth-order valence-electron chi connectivity index (χ4n) is 3.21. The summed E-state index contributed by atoms with van der Waals surface area (Å²) in [4.78, 5) is 26.2. The first-order valence-corrected chi connectivity index (χ1v) is 7.70. The van der Waals surface area contributed by atoms with E-state index >= 15 is 0 Å². The van der Waals surface area contributed by atoms with Crippen LogP contribution >= 0.6 is 0 Å². The maximum absolute atomic E-state index is 12.8. The number of aryl methyl sites for hydroxylation is 1. The number of imidazole rings is 2. The SMILES string of the molecule is Cn1cncc1C(=O)N1Cc2[nH]cnc2C(c2cccc(O)c2)C1. The van der Waals surface area contributed by atoms with Gasteiger partial charge < -0.3 is 19.6 Å². The summed E-state index contributed by atoms with van der Waals surface area (Å²) in [6, 6.07) is 7.11. The normalized spacial score (nSPS) is 16.9. The van der Waals surface area contributed by atoms with E-state index < -0.39 is 0 Å². The zero-order chi connectivity index (χ0) is 16.7. The maximum atomic E-state index is 12.8. The number of rotatable bonds is 2. The standard InChI is InChI=1S/C17H17N5O2/c1-21-10-18-6-15(21)17(24)22-7-13(11-3-2-4-12(23)5-11)16-14(8-22)19-9-20-16/h2-6,9-10,13,23H,7-8H2,1H3,(H,19,20). The molecule has 0 radical (unpaired) electrons. The molecule has 0 spiro atoms. The van der Waals surface area contributed by atoms with Gasteiger partial charge in [0.1, 0.15) is 11.4 Å². The van der Waals surface area contributed by atoms with Crippen molar-refractivity contribution < 1.29 is 9.90 Å². The minimum absolute atomic E-state index is 0.0691. The summed E-state index contributed by atoms with van der Waals surface area (Å²) in [6.07, 6.45) is 4.85. The molecule has 2 N–H and O–H groups in total. The number of hydrogen-bond donors (Lipinski definition) is 2. The van der Waals surface area contributed by atoms with Gasteiger partial charge in [0, 0.05) is 19.5 Å². The van der Waals surface area contributed by atoms with Crippen molar-refractivity contribution in [2.75, 3.05) is 6.54 Å². The molecule has 4 rings (SSSR count). The van der Waals surface area contributed by atoms with Crippen LogP contribution in [-0.4, -0.2) is 42.0 Å². The molecular formula is C17H17N5O2. The van der Waals surface area contributed by atoms with Gasteiger partial charge in [0.2, 0.25) is 0 Å². The first-order valence-electron chi connectivity index (χ1n) is 7.70. The largest absolute Gasteiger partial charge is 0.508 e. The van der Waals surface area contributed by atoms with Gasteiger partial charge >= 0.3 is 0 Å². The van der Waals surface area contributed by atoms with Crippen molar-refractivity contribution in [2.24, 2.45) is 7.05 Å². The van der Waals surface area contributed by atoms with Gasteiger partial charge in [-0.2, -0.15) is 0 Å². The molecule has 7 heteroatoms. The van der Waals surface area contributed by atoms with E-state index in [9.17, 15) is 9.90 Å².